The number of rotatable bonds is 9. The van der Waals surface area contributed by atoms with Crippen molar-refractivity contribution in [3.05, 3.63) is 60.2 Å². The summed E-state index contributed by atoms with van der Waals surface area (Å²) in [4.78, 5) is 15.0. The molecule has 7 heteroatoms. The summed E-state index contributed by atoms with van der Waals surface area (Å²) in [6, 6.07) is 11.3. The van der Waals surface area contributed by atoms with Crippen LogP contribution in [0.3, 0.4) is 0 Å². The Bertz CT molecular complexity index is 975. The number of fused-ring (bicyclic) bond motifs is 1. The number of carbonyl (C=O) groups is 1. The van der Waals surface area contributed by atoms with Gasteiger partial charge in [0.1, 0.15) is 22.5 Å². The monoisotopic (exact) mass is 394 g/mol. The van der Waals surface area contributed by atoms with Crippen LogP contribution in [0, 0.1) is 0 Å². The molecule has 0 saturated carbocycles. The molecule has 0 atom stereocenters. The van der Waals surface area contributed by atoms with Crippen LogP contribution in [0.5, 0.6) is 5.75 Å². The molecule has 3 aromatic rings. The van der Waals surface area contributed by atoms with Crippen LogP contribution < -0.4 is 0 Å². The first-order valence-corrected chi connectivity index (χ1v) is 9.74. The van der Waals surface area contributed by atoms with Crippen molar-refractivity contribution in [2.24, 2.45) is 0 Å². The fourth-order valence-electron chi connectivity index (χ4n) is 3.14. The zero-order valence-corrected chi connectivity index (χ0v) is 16.8. The van der Waals surface area contributed by atoms with E-state index in [0.29, 0.717) is 18.7 Å². The molecule has 0 aliphatic heterocycles. The predicted molar refractivity (Wildman–Crippen MR) is 112 cm³/mol. The summed E-state index contributed by atoms with van der Waals surface area (Å²) in [5, 5.41) is 20.0. The van der Waals surface area contributed by atoms with Gasteiger partial charge in [-0.05, 0) is 36.9 Å². The molecule has 1 N–H and O–H groups in total. The summed E-state index contributed by atoms with van der Waals surface area (Å²) >= 11 is 0. The number of aromatic nitrogens is 3. The maximum Gasteiger partial charge on any atom is 0.330 e. The van der Waals surface area contributed by atoms with Crippen LogP contribution in [0.2, 0.25) is 0 Å². The first kappa shape index (κ1) is 20.5. The van der Waals surface area contributed by atoms with E-state index in [1.54, 1.807) is 0 Å². The maximum atomic E-state index is 11.3. The lowest BCUT2D eigenvalue weighted by Crippen LogP contribution is -2.22. The second-order valence-electron chi connectivity index (χ2n) is 6.68. The minimum Gasteiger partial charge on any atom is -0.505 e. The number of hydrogen-bond acceptors (Lipinski definition) is 6. The van der Waals surface area contributed by atoms with Crippen LogP contribution in [0.25, 0.3) is 16.7 Å². The number of phenols is 1. The Morgan fingerprint density at radius 3 is 2.45 bits per heavy atom. The highest BCUT2D eigenvalue weighted by molar-refractivity contribution is 5.81. The third-order valence-corrected chi connectivity index (χ3v) is 4.82. The Morgan fingerprint density at radius 2 is 1.86 bits per heavy atom. The van der Waals surface area contributed by atoms with Gasteiger partial charge >= 0.3 is 5.97 Å². The van der Waals surface area contributed by atoms with Gasteiger partial charge in [-0.2, -0.15) is 0 Å². The van der Waals surface area contributed by atoms with Gasteiger partial charge in [0.2, 0.25) is 0 Å². The SMILES string of the molecule is C=CC(=O)OCCc1cc(CN(CC)CC)c(O)c(-n2nc3ccccc3n2)c1. The van der Waals surface area contributed by atoms with Crippen LogP contribution in [0.15, 0.2) is 49.1 Å². The minimum absolute atomic E-state index is 0.157. The molecule has 0 aliphatic rings. The molecule has 2 aromatic carbocycles. The Morgan fingerprint density at radius 1 is 1.21 bits per heavy atom. The van der Waals surface area contributed by atoms with Crippen LogP contribution in [-0.2, 0) is 22.5 Å². The summed E-state index contributed by atoms with van der Waals surface area (Å²) in [5.74, 6) is -0.295. The number of nitrogens with zero attached hydrogens (tertiary/aromatic N) is 4. The van der Waals surface area contributed by atoms with Gasteiger partial charge in [-0.15, -0.1) is 15.0 Å². The molecule has 29 heavy (non-hydrogen) atoms. The minimum atomic E-state index is -0.452. The van der Waals surface area contributed by atoms with Crippen molar-refractivity contribution in [1.29, 1.82) is 0 Å². The standard InChI is InChI=1S/C22H26N4O3/c1-4-21(27)29-12-11-16-13-17(15-25(5-2)6-3)22(28)20(14-16)26-23-18-9-7-8-10-19(18)24-26/h4,7-10,13-14,28H,1,5-6,11-12,15H2,2-3H3. The molecule has 0 aliphatic carbocycles. The summed E-state index contributed by atoms with van der Waals surface area (Å²) in [7, 11) is 0. The highest BCUT2D eigenvalue weighted by Crippen LogP contribution is 2.29. The maximum absolute atomic E-state index is 11.3. The summed E-state index contributed by atoms with van der Waals surface area (Å²) in [5.41, 5.74) is 3.73. The van der Waals surface area contributed by atoms with Crippen molar-refractivity contribution < 1.29 is 14.6 Å². The molecule has 0 bridgehead atoms. The normalized spacial score (nSPS) is 11.1. The average Bonchev–Trinajstić information content (AvgIpc) is 3.17. The Labute approximate surface area is 170 Å². The smallest absolute Gasteiger partial charge is 0.330 e. The molecule has 3 rings (SSSR count). The summed E-state index contributed by atoms with van der Waals surface area (Å²) < 4.78 is 5.11. The average molecular weight is 394 g/mol. The van der Waals surface area contributed by atoms with Gasteiger partial charge in [-0.3, -0.25) is 4.90 Å². The lowest BCUT2D eigenvalue weighted by Gasteiger charge is -2.20. The van der Waals surface area contributed by atoms with E-state index in [0.717, 1.165) is 41.3 Å². The van der Waals surface area contributed by atoms with E-state index in [-0.39, 0.29) is 12.4 Å². The molecule has 0 saturated heterocycles. The summed E-state index contributed by atoms with van der Waals surface area (Å²) in [6.07, 6.45) is 1.66. The van der Waals surface area contributed by atoms with Gasteiger partial charge in [0.05, 0.1) is 6.61 Å². The van der Waals surface area contributed by atoms with E-state index < -0.39 is 5.97 Å². The Hall–Kier alpha value is -3.19. The van der Waals surface area contributed by atoms with E-state index in [1.807, 2.05) is 36.4 Å². The van der Waals surface area contributed by atoms with Gasteiger partial charge in [-0.1, -0.05) is 38.6 Å². The van der Waals surface area contributed by atoms with Crippen molar-refractivity contribution >= 4 is 17.0 Å². The molecule has 152 valence electrons. The fraction of sp³-hybridized carbons (Fsp3) is 0.318. The number of ether oxygens (including phenoxy) is 1. The predicted octanol–water partition coefficient (Wildman–Crippen LogP) is 3.24. The van der Waals surface area contributed by atoms with Crippen LogP contribution in [0.1, 0.15) is 25.0 Å². The van der Waals surface area contributed by atoms with Crippen molar-refractivity contribution in [2.45, 2.75) is 26.8 Å². The largest absolute Gasteiger partial charge is 0.505 e. The van der Waals surface area contributed by atoms with Gasteiger partial charge in [-0.25, -0.2) is 4.79 Å². The van der Waals surface area contributed by atoms with Crippen molar-refractivity contribution in [1.82, 2.24) is 19.9 Å². The molecule has 0 unspecified atom stereocenters. The third kappa shape index (κ3) is 4.81. The quantitative estimate of drug-likeness (QED) is 0.443. The lowest BCUT2D eigenvalue weighted by atomic mass is 10.0. The topological polar surface area (TPSA) is 80.5 Å². The van der Waals surface area contributed by atoms with Crippen LogP contribution in [0.4, 0.5) is 0 Å². The van der Waals surface area contributed by atoms with E-state index in [1.165, 1.54) is 4.80 Å². The third-order valence-electron chi connectivity index (χ3n) is 4.82. The van der Waals surface area contributed by atoms with Crippen molar-refractivity contribution in [2.75, 3.05) is 19.7 Å². The van der Waals surface area contributed by atoms with Gasteiger partial charge in [0.25, 0.3) is 0 Å². The van der Waals surface area contributed by atoms with Gasteiger partial charge in [0, 0.05) is 24.6 Å². The Balaban J connectivity index is 1.99. The molecular formula is C22H26N4O3. The second kappa shape index (κ2) is 9.34. The number of aromatic hydroxyl groups is 1. The van der Waals surface area contributed by atoms with E-state index >= 15 is 0 Å². The second-order valence-corrected chi connectivity index (χ2v) is 6.68. The molecule has 1 aromatic heterocycles. The van der Waals surface area contributed by atoms with Crippen molar-refractivity contribution in [3.8, 4) is 11.4 Å². The first-order chi connectivity index (χ1) is 14.0. The molecule has 0 amide bonds. The number of hydrogen-bond donors (Lipinski definition) is 1. The highest BCUT2D eigenvalue weighted by Gasteiger charge is 2.16. The zero-order chi connectivity index (χ0) is 20.8. The van der Waals surface area contributed by atoms with Gasteiger partial charge in [0.15, 0.2) is 0 Å². The lowest BCUT2D eigenvalue weighted by molar-refractivity contribution is -0.137. The molecule has 1 heterocycles. The van der Waals surface area contributed by atoms with Crippen molar-refractivity contribution in [3.63, 3.8) is 0 Å². The number of phenolic OH excluding ortho intramolecular Hbond substituents is 1. The Kier molecular flexibility index (Phi) is 6.61. The van der Waals surface area contributed by atoms with E-state index in [9.17, 15) is 9.90 Å². The van der Waals surface area contributed by atoms with E-state index in [4.69, 9.17) is 4.74 Å². The number of benzene rings is 2. The zero-order valence-electron chi connectivity index (χ0n) is 16.8. The molecule has 0 spiro atoms. The number of carbonyl (C=O) groups excluding carboxylic acids is 1. The molecular weight excluding hydrogens is 368 g/mol. The van der Waals surface area contributed by atoms with Crippen LogP contribution >= 0.6 is 0 Å². The number of esters is 1. The molecule has 7 nitrogen and oxygen atoms in total. The van der Waals surface area contributed by atoms with E-state index in [2.05, 4.69) is 35.5 Å². The van der Waals surface area contributed by atoms with Gasteiger partial charge < -0.3 is 9.84 Å². The highest BCUT2D eigenvalue weighted by atomic mass is 16.5. The fourth-order valence-corrected chi connectivity index (χ4v) is 3.14. The molecule has 0 radical (unpaired) electrons. The summed E-state index contributed by atoms with van der Waals surface area (Å²) in [6.45, 7) is 10.2. The van der Waals surface area contributed by atoms with Crippen LogP contribution in [-0.4, -0.2) is 50.7 Å². The first-order valence-electron chi connectivity index (χ1n) is 9.74. The molecule has 0 fully saturated rings.